The van der Waals surface area contributed by atoms with Crippen molar-refractivity contribution in [1.29, 1.82) is 0 Å². The summed E-state index contributed by atoms with van der Waals surface area (Å²) < 4.78 is 48.5. The van der Waals surface area contributed by atoms with Gasteiger partial charge in [0.1, 0.15) is 35.7 Å². The summed E-state index contributed by atoms with van der Waals surface area (Å²) in [5.74, 6) is -5.90. The lowest BCUT2D eigenvalue weighted by molar-refractivity contribution is -0.118. The van der Waals surface area contributed by atoms with Crippen molar-refractivity contribution in [3.63, 3.8) is 0 Å². The van der Waals surface area contributed by atoms with Crippen molar-refractivity contribution in [2.75, 3.05) is 6.54 Å². The SMILES string of the molecule is C[C@H]1C=CC(=O)[C@H]2CN1C(=O)c1c(OCc3ccccc3)c(=O)c(C(=O)NCc3c(F)cc(F)cc3F)cn12. The molecule has 3 heterocycles. The Labute approximate surface area is 220 Å². The molecule has 2 aromatic carbocycles. The zero-order valence-corrected chi connectivity index (χ0v) is 20.6. The molecule has 39 heavy (non-hydrogen) atoms. The Morgan fingerprint density at radius 3 is 2.46 bits per heavy atom. The number of nitrogens with one attached hydrogen (secondary N) is 1. The number of halogens is 3. The molecule has 0 saturated carbocycles. The number of benzene rings is 2. The van der Waals surface area contributed by atoms with Crippen LogP contribution in [-0.2, 0) is 17.9 Å². The van der Waals surface area contributed by atoms with E-state index in [2.05, 4.69) is 5.32 Å². The molecule has 0 unspecified atom stereocenters. The van der Waals surface area contributed by atoms with E-state index >= 15 is 0 Å². The predicted molar refractivity (Wildman–Crippen MR) is 133 cm³/mol. The predicted octanol–water partition coefficient (Wildman–Crippen LogP) is 3.30. The van der Waals surface area contributed by atoms with Crippen LogP contribution in [0.5, 0.6) is 5.75 Å². The Kier molecular flexibility index (Phi) is 6.81. The minimum Gasteiger partial charge on any atom is -0.483 e. The number of aromatic nitrogens is 1. The van der Waals surface area contributed by atoms with Crippen LogP contribution in [0.2, 0.25) is 0 Å². The standard InChI is InChI=1S/C28H22F3N3O5/c1-15-7-8-23(35)22-13-33(15)28(38)24-26(39-14-16-5-3-2-4-6-16)25(36)19(12-34(22)24)27(37)32-11-18-20(30)9-17(29)10-21(18)31/h2-10,12,15,22H,11,13-14H2,1H3,(H,32,37)/t15-,22+/m0/s1. The van der Waals surface area contributed by atoms with Crippen molar-refractivity contribution in [3.8, 4) is 5.75 Å². The van der Waals surface area contributed by atoms with Gasteiger partial charge in [-0.3, -0.25) is 19.2 Å². The van der Waals surface area contributed by atoms with E-state index in [1.807, 2.05) is 0 Å². The van der Waals surface area contributed by atoms with E-state index in [9.17, 15) is 32.3 Å². The highest BCUT2D eigenvalue weighted by atomic mass is 19.1. The maximum absolute atomic E-state index is 14.1. The maximum atomic E-state index is 14.1. The summed E-state index contributed by atoms with van der Waals surface area (Å²) in [5, 5.41) is 2.26. The normalized spacial score (nSPS) is 18.0. The zero-order chi connectivity index (χ0) is 27.8. The second-order valence-electron chi connectivity index (χ2n) is 9.24. The number of hydrogen-bond acceptors (Lipinski definition) is 5. The number of fused-ring (bicyclic) bond motifs is 4. The maximum Gasteiger partial charge on any atom is 0.275 e. The van der Waals surface area contributed by atoms with Gasteiger partial charge in [0.2, 0.25) is 5.43 Å². The van der Waals surface area contributed by atoms with E-state index in [4.69, 9.17) is 4.74 Å². The first-order valence-electron chi connectivity index (χ1n) is 12.1. The largest absolute Gasteiger partial charge is 0.483 e. The smallest absolute Gasteiger partial charge is 0.275 e. The van der Waals surface area contributed by atoms with Gasteiger partial charge >= 0.3 is 0 Å². The Balaban J connectivity index is 1.57. The molecule has 0 aliphatic carbocycles. The molecule has 0 radical (unpaired) electrons. The summed E-state index contributed by atoms with van der Waals surface area (Å²) in [7, 11) is 0. The lowest BCUT2D eigenvalue weighted by Gasteiger charge is -2.36. The van der Waals surface area contributed by atoms with Gasteiger partial charge < -0.3 is 19.5 Å². The van der Waals surface area contributed by atoms with Gasteiger partial charge in [-0.25, -0.2) is 13.2 Å². The average molecular weight is 537 g/mol. The molecule has 2 aliphatic heterocycles. The summed E-state index contributed by atoms with van der Waals surface area (Å²) in [6, 6.07) is 8.37. The molecule has 2 amide bonds. The summed E-state index contributed by atoms with van der Waals surface area (Å²) in [4.78, 5) is 54.5. The van der Waals surface area contributed by atoms with Crippen LogP contribution in [0.3, 0.4) is 0 Å². The zero-order valence-electron chi connectivity index (χ0n) is 20.6. The number of nitrogens with zero attached hydrogens (tertiary/aromatic N) is 2. The molecule has 3 aromatic rings. The molecule has 0 spiro atoms. The van der Waals surface area contributed by atoms with Crippen LogP contribution in [0.4, 0.5) is 13.2 Å². The van der Waals surface area contributed by atoms with Gasteiger partial charge in [-0.05, 0) is 18.6 Å². The number of amides is 2. The van der Waals surface area contributed by atoms with Crippen molar-refractivity contribution in [2.24, 2.45) is 0 Å². The third-order valence-corrected chi connectivity index (χ3v) is 6.72. The lowest BCUT2D eigenvalue weighted by atomic mass is 10.0. The molecular formula is C28H22F3N3O5. The number of allylic oxidation sites excluding steroid dienone is 1. The Morgan fingerprint density at radius 1 is 1.08 bits per heavy atom. The lowest BCUT2D eigenvalue weighted by Crippen LogP contribution is -2.49. The quantitative estimate of drug-likeness (QED) is 0.521. The number of rotatable bonds is 6. The van der Waals surface area contributed by atoms with Crippen molar-refractivity contribution in [3.05, 3.63) is 111 Å². The first-order valence-corrected chi connectivity index (χ1v) is 12.1. The van der Waals surface area contributed by atoms with Gasteiger partial charge in [0.25, 0.3) is 11.8 Å². The average Bonchev–Trinajstić information content (AvgIpc) is 3.03. The van der Waals surface area contributed by atoms with E-state index in [1.165, 1.54) is 15.5 Å². The topological polar surface area (TPSA) is 97.7 Å². The number of hydrogen-bond donors (Lipinski definition) is 1. The summed E-state index contributed by atoms with van der Waals surface area (Å²) in [6.07, 6.45) is 4.01. The van der Waals surface area contributed by atoms with E-state index < -0.39 is 70.2 Å². The van der Waals surface area contributed by atoms with Gasteiger partial charge in [0.15, 0.2) is 17.2 Å². The first kappa shape index (κ1) is 26.0. The number of carbonyl (C=O) groups is 3. The second kappa shape index (κ2) is 10.2. The molecular weight excluding hydrogens is 515 g/mol. The molecule has 5 rings (SSSR count). The highest BCUT2D eigenvalue weighted by molar-refractivity contribution is 6.03. The van der Waals surface area contributed by atoms with Gasteiger partial charge in [0.05, 0.1) is 0 Å². The van der Waals surface area contributed by atoms with Crippen LogP contribution in [0, 0.1) is 17.5 Å². The number of ketones is 1. The molecule has 8 nitrogen and oxygen atoms in total. The molecule has 11 heteroatoms. The minimum atomic E-state index is -1.21. The molecule has 1 aromatic heterocycles. The van der Waals surface area contributed by atoms with Gasteiger partial charge in [-0.1, -0.05) is 36.4 Å². The molecule has 1 N–H and O–H groups in total. The van der Waals surface area contributed by atoms with E-state index in [0.29, 0.717) is 17.7 Å². The van der Waals surface area contributed by atoms with Gasteiger partial charge in [-0.15, -0.1) is 0 Å². The fourth-order valence-corrected chi connectivity index (χ4v) is 4.61. The highest BCUT2D eigenvalue weighted by Gasteiger charge is 2.41. The molecule has 2 aliphatic rings. The monoisotopic (exact) mass is 537 g/mol. The van der Waals surface area contributed by atoms with Crippen molar-refractivity contribution < 1.29 is 32.3 Å². The van der Waals surface area contributed by atoms with E-state index in [1.54, 1.807) is 43.3 Å². The molecule has 2 atom stereocenters. The van der Waals surface area contributed by atoms with Gasteiger partial charge in [0, 0.05) is 43.0 Å². The number of pyridine rings is 1. The Bertz CT molecular complexity index is 1560. The van der Waals surface area contributed by atoms with Gasteiger partial charge in [-0.2, -0.15) is 0 Å². The second-order valence-corrected chi connectivity index (χ2v) is 9.24. The van der Waals surface area contributed by atoms with Crippen LogP contribution in [-0.4, -0.2) is 39.7 Å². The Morgan fingerprint density at radius 2 is 1.77 bits per heavy atom. The molecule has 0 fully saturated rings. The molecule has 0 saturated heterocycles. The minimum absolute atomic E-state index is 0.00684. The fraction of sp³-hybridized carbons (Fsp3) is 0.214. The number of carbonyl (C=O) groups excluding carboxylic acids is 3. The summed E-state index contributed by atoms with van der Waals surface area (Å²) in [6.45, 7) is 0.943. The first-order chi connectivity index (χ1) is 18.7. The van der Waals surface area contributed by atoms with Crippen molar-refractivity contribution in [2.45, 2.75) is 32.2 Å². The van der Waals surface area contributed by atoms with Crippen LogP contribution in [0.15, 0.2) is 65.6 Å². The van der Waals surface area contributed by atoms with E-state index in [-0.39, 0.29) is 24.6 Å². The Hall–Kier alpha value is -4.67. The summed E-state index contributed by atoms with van der Waals surface area (Å²) in [5.41, 5.74) is -1.54. The molecule has 2 bridgehead atoms. The third kappa shape index (κ3) is 4.83. The van der Waals surface area contributed by atoms with Crippen LogP contribution < -0.4 is 15.5 Å². The third-order valence-electron chi connectivity index (χ3n) is 6.72. The fourth-order valence-electron chi connectivity index (χ4n) is 4.61. The van der Waals surface area contributed by atoms with Crippen molar-refractivity contribution in [1.82, 2.24) is 14.8 Å². The molecule has 200 valence electrons. The van der Waals surface area contributed by atoms with E-state index in [0.717, 1.165) is 6.20 Å². The number of ether oxygens (including phenoxy) is 1. The highest BCUT2D eigenvalue weighted by Crippen LogP contribution is 2.31. The van der Waals surface area contributed by atoms with Crippen molar-refractivity contribution >= 4 is 17.6 Å². The van der Waals surface area contributed by atoms with Crippen LogP contribution in [0.25, 0.3) is 0 Å². The van der Waals surface area contributed by atoms with Crippen LogP contribution in [0.1, 0.15) is 44.9 Å². The van der Waals surface area contributed by atoms with Crippen LogP contribution >= 0.6 is 0 Å². The summed E-state index contributed by atoms with van der Waals surface area (Å²) >= 11 is 0.